The molecule has 1 amide bonds. The lowest BCUT2D eigenvalue weighted by atomic mass is 10.3. The Hall–Kier alpha value is -3.77. The fourth-order valence-electron chi connectivity index (χ4n) is 3.35. The van der Waals surface area contributed by atoms with E-state index in [1.807, 2.05) is 24.4 Å². The van der Waals surface area contributed by atoms with Gasteiger partial charge in [-0.25, -0.2) is 19.4 Å². The van der Waals surface area contributed by atoms with Crippen molar-refractivity contribution in [2.75, 3.05) is 42.1 Å². The second-order valence-corrected chi connectivity index (χ2v) is 7.66. The Bertz CT molecular complexity index is 1190. The van der Waals surface area contributed by atoms with Crippen molar-refractivity contribution in [3.05, 3.63) is 48.2 Å². The van der Waals surface area contributed by atoms with Crippen LogP contribution in [0.15, 0.2) is 48.2 Å². The van der Waals surface area contributed by atoms with Gasteiger partial charge >= 0.3 is 6.09 Å². The number of hydrogen-bond donors (Lipinski definition) is 2. The van der Waals surface area contributed by atoms with Gasteiger partial charge in [0.05, 0.1) is 24.3 Å². The molecular weight excluding hydrogens is 418 g/mol. The van der Waals surface area contributed by atoms with Gasteiger partial charge in [-0.1, -0.05) is 0 Å². The number of nitrogen functional groups attached to an aromatic ring is 1. The first-order chi connectivity index (χ1) is 15.2. The molecule has 0 aliphatic carbocycles. The average Bonchev–Trinajstić information content (AvgIpc) is 3.46. The molecule has 5 rings (SSSR count). The molecular formula is C19H19N9O2S. The van der Waals surface area contributed by atoms with E-state index in [4.69, 9.17) is 10.6 Å². The number of hydrogen-bond acceptors (Lipinski definition) is 10. The first kappa shape index (κ1) is 19.2. The van der Waals surface area contributed by atoms with E-state index in [0.29, 0.717) is 37.7 Å². The summed E-state index contributed by atoms with van der Waals surface area (Å²) in [4.78, 5) is 33.5. The Morgan fingerprint density at radius 1 is 1.13 bits per heavy atom. The second-order valence-electron chi connectivity index (χ2n) is 6.83. The van der Waals surface area contributed by atoms with E-state index in [-0.39, 0.29) is 5.95 Å². The number of benzene rings is 1. The van der Waals surface area contributed by atoms with Crippen molar-refractivity contribution in [2.24, 2.45) is 0 Å². The molecule has 1 saturated heterocycles. The molecule has 1 aliphatic rings. The van der Waals surface area contributed by atoms with Gasteiger partial charge in [-0.05, 0) is 30.3 Å². The van der Waals surface area contributed by atoms with Gasteiger partial charge in [0.25, 0.3) is 0 Å². The average molecular weight is 437 g/mol. The molecule has 3 aromatic heterocycles. The molecule has 3 N–H and O–H groups in total. The van der Waals surface area contributed by atoms with Crippen LogP contribution >= 0.6 is 11.3 Å². The molecule has 4 aromatic rings. The smallest absolute Gasteiger partial charge is 0.368 e. The summed E-state index contributed by atoms with van der Waals surface area (Å²) in [7, 11) is 0. The quantitative estimate of drug-likeness (QED) is 0.493. The number of anilines is 3. The Balaban J connectivity index is 1.16. The van der Waals surface area contributed by atoms with Crippen LogP contribution in [-0.4, -0.2) is 62.1 Å². The Morgan fingerprint density at radius 2 is 1.94 bits per heavy atom. The number of thiazole rings is 1. The van der Waals surface area contributed by atoms with Gasteiger partial charge in [0.2, 0.25) is 5.95 Å². The van der Waals surface area contributed by atoms with Gasteiger partial charge in [-0.15, -0.1) is 16.4 Å². The predicted octanol–water partition coefficient (Wildman–Crippen LogP) is 2.14. The number of aromatic nitrogens is 5. The third kappa shape index (κ3) is 4.11. The van der Waals surface area contributed by atoms with Crippen molar-refractivity contribution in [3.8, 4) is 5.69 Å². The van der Waals surface area contributed by atoms with Crippen molar-refractivity contribution >= 4 is 45.2 Å². The fourth-order valence-corrected chi connectivity index (χ4v) is 4.01. The number of nitrogens with one attached hydrogen (secondary N) is 1. The molecule has 31 heavy (non-hydrogen) atoms. The van der Waals surface area contributed by atoms with Crippen LogP contribution < -0.4 is 16.0 Å². The van der Waals surface area contributed by atoms with E-state index >= 15 is 0 Å². The number of fused-ring (bicyclic) bond motifs is 1. The van der Waals surface area contributed by atoms with Crippen LogP contribution in [-0.2, 0) is 4.84 Å². The minimum Gasteiger partial charge on any atom is -0.368 e. The Morgan fingerprint density at radius 3 is 2.68 bits per heavy atom. The van der Waals surface area contributed by atoms with Gasteiger partial charge in [0.15, 0.2) is 10.6 Å². The predicted molar refractivity (Wildman–Crippen MR) is 117 cm³/mol. The topological polar surface area (TPSA) is 127 Å². The van der Waals surface area contributed by atoms with Gasteiger partial charge in [-0.3, -0.25) is 5.32 Å². The van der Waals surface area contributed by atoms with Crippen molar-refractivity contribution in [1.82, 2.24) is 29.8 Å². The summed E-state index contributed by atoms with van der Waals surface area (Å²) in [6, 6.07) is 9.19. The number of rotatable bonds is 4. The lowest BCUT2D eigenvalue weighted by molar-refractivity contribution is -0.0966. The van der Waals surface area contributed by atoms with Gasteiger partial charge in [-0.2, -0.15) is 10.1 Å². The number of piperazine rings is 1. The molecule has 1 aromatic carbocycles. The van der Waals surface area contributed by atoms with E-state index in [0.717, 1.165) is 16.0 Å². The SMILES string of the molecule is Nc1nc(N2CCN(OC(=O)Nc3ccc(-n4cccn4)cc3)CC2)c2ncsc2n1. The van der Waals surface area contributed by atoms with Crippen LogP contribution in [0.1, 0.15) is 0 Å². The van der Waals surface area contributed by atoms with Crippen LogP contribution in [0.4, 0.5) is 22.2 Å². The summed E-state index contributed by atoms with van der Waals surface area (Å²) >= 11 is 1.43. The van der Waals surface area contributed by atoms with Gasteiger partial charge in [0.1, 0.15) is 5.52 Å². The fraction of sp³-hybridized carbons (Fsp3) is 0.211. The van der Waals surface area contributed by atoms with Crippen molar-refractivity contribution < 1.29 is 9.63 Å². The lowest BCUT2D eigenvalue weighted by Gasteiger charge is -2.33. The molecule has 1 fully saturated rings. The lowest BCUT2D eigenvalue weighted by Crippen LogP contribution is -2.47. The molecule has 0 spiro atoms. The number of nitrogens with zero attached hydrogens (tertiary/aromatic N) is 7. The van der Waals surface area contributed by atoms with Crippen LogP contribution in [0.3, 0.4) is 0 Å². The summed E-state index contributed by atoms with van der Waals surface area (Å²) < 4.78 is 1.74. The molecule has 0 unspecified atom stereocenters. The number of hydroxylamine groups is 2. The van der Waals surface area contributed by atoms with Crippen LogP contribution in [0.5, 0.6) is 0 Å². The van der Waals surface area contributed by atoms with Gasteiger partial charge in [0, 0.05) is 31.2 Å². The van der Waals surface area contributed by atoms with E-state index < -0.39 is 6.09 Å². The van der Waals surface area contributed by atoms with E-state index in [2.05, 4.69) is 30.3 Å². The zero-order valence-electron chi connectivity index (χ0n) is 16.4. The molecule has 4 heterocycles. The zero-order chi connectivity index (χ0) is 21.2. The summed E-state index contributed by atoms with van der Waals surface area (Å²) in [6.07, 6.45) is 3.03. The summed E-state index contributed by atoms with van der Waals surface area (Å²) in [5.41, 5.74) is 9.84. The molecule has 1 aliphatic heterocycles. The highest BCUT2D eigenvalue weighted by Crippen LogP contribution is 2.26. The number of carbonyl (C=O) groups excluding carboxylic acids is 1. The molecule has 11 nitrogen and oxygen atoms in total. The van der Waals surface area contributed by atoms with E-state index in [1.165, 1.54) is 11.3 Å². The van der Waals surface area contributed by atoms with E-state index in [1.54, 1.807) is 33.6 Å². The maximum absolute atomic E-state index is 12.3. The summed E-state index contributed by atoms with van der Waals surface area (Å²) in [5, 5.41) is 8.55. The molecule has 0 radical (unpaired) electrons. The zero-order valence-corrected chi connectivity index (χ0v) is 17.2. The van der Waals surface area contributed by atoms with Crippen molar-refractivity contribution in [3.63, 3.8) is 0 Å². The van der Waals surface area contributed by atoms with Crippen LogP contribution in [0, 0.1) is 0 Å². The summed E-state index contributed by atoms with van der Waals surface area (Å²) in [5.74, 6) is 0.938. The molecule has 0 atom stereocenters. The van der Waals surface area contributed by atoms with Crippen molar-refractivity contribution in [1.29, 1.82) is 0 Å². The minimum atomic E-state index is -0.534. The van der Waals surface area contributed by atoms with Crippen LogP contribution in [0.25, 0.3) is 16.0 Å². The van der Waals surface area contributed by atoms with Crippen molar-refractivity contribution in [2.45, 2.75) is 0 Å². The standard InChI is InChI=1S/C19H19N9O2S/c20-18-24-16(15-17(25-18)31-12-21-15)26-8-10-27(11-9-26)30-19(29)23-13-2-4-14(5-3-13)28-7-1-6-22-28/h1-7,12H,8-11H2,(H,23,29)(H2,20,24,25). The minimum absolute atomic E-state index is 0.225. The highest BCUT2D eigenvalue weighted by molar-refractivity contribution is 7.16. The maximum atomic E-state index is 12.3. The number of nitrogens with two attached hydrogens (primary N) is 1. The highest BCUT2D eigenvalue weighted by atomic mass is 32.1. The molecule has 12 heteroatoms. The Kier molecular flexibility index (Phi) is 5.06. The summed E-state index contributed by atoms with van der Waals surface area (Å²) in [6.45, 7) is 2.30. The first-order valence-corrected chi connectivity index (χ1v) is 10.5. The monoisotopic (exact) mass is 437 g/mol. The highest BCUT2D eigenvalue weighted by Gasteiger charge is 2.24. The van der Waals surface area contributed by atoms with Crippen LogP contribution in [0.2, 0.25) is 0 Å². The largest absolute Gasteiger partial charge is 0.430 e. The molecule has 0 saturated carbocycles. The first-order valence-electron chi connectivity index (χ1n) is 9.61. The third-order valence-electron chi connectivity index (χ3n) is 4.83. The normalized spacial score (nSPS) is 14.6. The third-order valence-corrected chi connectivity index (χ3v) is 5.55. The van der Waals surface area contributed by atoms with Gasteiger partial charge < -0.3 is 15.5 Å². The van der Waals surface area contributed by atoms with E-state index in [9.17, 15) is 4.79 Å². The Labute approximate surface area is 181 Å². The molecule has 0 bridgehead atoms. The second kappa shape index (κ2) is 8.16. The number of carbonyl (C=O) groups is 1. The maximum Gasteiger partial charge on any atom is 0.430 e. The number of amides is 1. The molecule has 158 valence electrons.